The number of nitrogens with zero attached hydrogens (tertiary/aromatic N) is 2. The molecule has 5 atom stereocenters. The summed E-state index contributed by atoms with van der Waals surface area (Å²) in [5.41, 5.74) is 2.09. The number of nitrogens with one attached hydrogen (secondary N) is 3. The Morgan fingerprint density at radius 1 is 1.00 bits per heavy atom. The molecular weight excluding hydrogens is 802 g/mol. The first-order chi connectivity index (χ1) is 29.4. The largest absolute Gasteiger partial charge is 0.484 e. The normalized spacial score (nSPS) is 26.3. The van der Waals surface area contributed by atoms with Gasteiger partial charge in [0.15, 0.2) is 11.3 Å². The number of hydrogen-bond acceptors (Lipinski definition) is 9. The van der Waals surface area contributed by atoms with Crippen molar-refractivity contribution in [2.45, 2.75) is 126 Å². The molecule has 2 aromatic heterocycles. The van der Waals surface area contributed by atoms with Gasteiger partial charge in [-0.05, 0) is 101 Å². The van der Waals surface area contributed by atoms with Crippen LogP contribution in [0.25, 0.3) is 33.3 Å². The molecule has 61 heavy (non-hydrogen) atoms. The summed E-state index contributed by atoms with van der Waals surface area (Å²) < 4.78 is 55.3. The molecule has 4 heterocycles. The van der Waals surface area contributed by atoms with Gasteiger partial charge in [0.05, 0.1) is 17.5 Å². The second kappa shape index (κ2) is 16.5. The van der Waals surface area contributed by atoms with Crippen molar-refractivity contribution in [1.29, 1.82) is 0 Å². The van der Waals surface area contributed by atoms with Gasteiger partial charge < -0.3 is 24.7 Å². The number of halogens is 1. The van der Waals surface area contributed by atoms with E-state index in [1.807, 2.05) is 37.3 Å². The summed E-state index contributed by atoms with van der Waals surface area (Å²) in [5, 5.41) is 6.08. The summed E-state index contributed by atoms with van der Waals surface area (Å²) in [6.07, 6.45) is 12.0. The number of rotatable bonds is 9. The Balaban J connectivity index is 1.06. The fourth-order valence-electron chi connectivity index (χ4n) is 9.43. The number of hydrogen-bond donors (Lipinski definition) is 3. The van der Waals surface area contributed by atoms with Gasteiger partial charge in [-0.15, -0.1) is 0 Å². The van der Waals surface area contributed by atoms with Gasteiger partial charge in [-0.1, -0.05) is 49.5 Å². The molecule has 4 amide bonds. The van der Waals surface area contributed by atoms with Gasteiger partial charge in [-0.2, -0.15) is 0 Å². The molecule has 322 valence electrons. The highest BCUT2D eigenvalue weighted by Crippen LogP contribution is 2.46. The van der Waals surface area contributed by atoms with E-state index in [1.54, 1.807) is 18.2 Å². The lowest BCUT2D eigenvalue weighted by atomic mass is 10.0. The number of allylic oxidation sites excluding steroid dienone is 1. The number of amides is 4. The molecule has 13 nitrogen and oxygen atoms in total. The van der Waals surface area contributed by atoms with Gasteiger partial charge >= 0.3 is 0 Å². The molecule has 3 saturated carbocycles. The van der Waals surface area contributed by atoms with Crippen LogP contribution in [0.5, 0.6) is 5.75 Å². The van der Waals surface area contributed by atoms with Crippen molar-refractivity contribution in [2.75, 3.05) is 6.54 Å². The SMILES string of the molecule is Cc1ccc2oc3c(O[C@@H]4C[C@H]5C(=O)N[C@]6(C(=O)NS(=O)(=O)C7CC7)C[C@H]6C=CCCCCC[C@H](NC(=O)CC6CCCC6)C(=O)N5C4)cc(-c4ccc(F)cc4)nc3c2c1. The molecule has 3 aliphatic carbocycles. The van der Waals surface area contributed by atoms with Gasteiger partial charge in [-0.3, -0.25) is 23.9 Å². The lowest BCUT2D eigenvalue weighted by Crippen LogP contribution is -2.58. The highest BCUT2D eigenvalue weighted by molar-refractivity contribution is 7.91. The minimum Gasteiger partial charge on any atom is -0.484 e. The second-order valence-electron chi connectivity index (χ2n) is 17.8. The van der Waals surface area contributed by atoms with Crippen LogP contribution < -0.4 is 20.1 Å². The van der Waals surface area contributed by atoms with E-state index in [9.17, 15) is 32.0 Å². The number of aromatic nitrogens is 1. The quantitative estimate of drug-likeness (QED) is 0.159. The van der Waals surface area contributed by atoms with Crippen LogP contribution in [-0.2, 0) is 29.2 Å². The molecule has 0 unspecified atom stereocenters. The molecular formula is C46H52FN5O8S. The molecule has 3 N–H and O–H groups in total. The summed E-state index contributed by atoms with van der Waals surface area (Å²) >= 11 is 0. The third kappa shape index (κ3) is 8.62. The second-order valence-corrected chi connectivity index (χ2v) is 19.7. The zero-order valence-corrected chi connectivity index (χ0v) is 35.1. The zero-order chi connectivity index (χ0) is 42.5. The van der Waals surface area contributed by atoms with Crippen molar-refractivity contribution in [3.63, 3.8) is 0 Å². The van der Waals surface area contributed by atoms with E-state index >= 15 is 0 Å². The first kappa shape index (κ1) is 41.1. The Morgan fingerprint density at radius 3 is 2.54 bits per heavy atom. The Hall–Kier alpha value is -5.31. The number of fused-ring (bicyclic) bond motifs is 5. The van der Waals surface area contributed by atoms with Crippen LogP contribution in [0, 0.1) is 24.6 Å². The van der Waals surface area contributed by atoms with E-state index in [0.29, 0.717) is 72.2 Å². The van der Waals surface area contributed by atoms with Gasteiger partial charge in [0.1, 0.15) is 40.6 Å². The van der Waals surface area contributed by atoms with Crippen LogP contribution in [0.3, 0.4) is 0 Å². The van der Waals surface area contributed by atoms with Crippen molar-refractivity contribution >= 4 is 55.7 Å². The molecule has 2 aliphatic heterocycles. The number of sulfonamides is 1. The third-order valence-corrected chi connectivity index (χ3v) is 14.9. The Bertz CT molecular complexity index is 2510. The van der Waals surface area contributed by atoms with Crippen LogP contribution in [0.2, 0.25) is 0 Å². The first-order valence-corrected chi connectivity index (χ1v) is 23.3. The molecule has 4 fully saturated rings. The van der Waals surface area contributed by atoms with E-state index in [2.05, 4.69) is 15.4 Å². The maximum Gasteiger partial charge on any atom is 0.259 e. The fourth-order valence-corrected chi connectivity index (χ4v) is 10.8. The maximum absolute atomic E-state index is 14.8. The van der Waals surface area contributed by atoms with Crippen LogP contribution in [0.15, 0.2) is 65.1 Å². The summed E-state index contributed by atoms with van der Waals surface area (Å²) in [6, 6.07) is 11.4. The lowest BCUT2D eigenvalue weighted by Gasteiger charge is -2.30. The molecule has 0 bridgehead atoms. The van der Waals surface area contributed by atoms with E-state index < -0.39 is 68.5 Å². The Kier molecular flexibility index (Phi) is 11.1. The average Bonchev–Trinajstić information content (AvgIpc) is 4.05. The number of aryl methyl sites for hydroxylation is 1. The first-order valence-electron chi connectivity index (χ1n) is 21.8. The number of carbonyl (C=O) groups is 4. The van der Waals surface area contributed by atoms with Crippen molar-refractivity contribution in [1.82, 2.24) is 25.2 Å². The highest BCUT2D eigenvalue weighted by atomic mass is 32.2. The molecule has 15 heteroatoms. The van der Waals surface area contributed by atoms with Crippen LogP contribution in [0.1, 0.15) is 95.5 Å². The third-order valence-electron chi connectivity index (χ3n) is 13.1. The van der Waals surface area contributed by atoms with Crippen molar-refractivity contribution in [3.8, 4) is 17.0 Å². The van der Waals surface area contributed by atoms with Gasteiger partial charge in [0.2, 0.25) is 27.7 Å². The molecule has 1 saturated heterocycles. The minimum absolute atomic E-state index is 0.0218. The fraction of sp³-hybridized carbons (Fsp3) is 0.500. The predicted octanol–water partition coefficient (Wildman–Crippen LogP) is 6.51. The standard InChI is InChI=1S/C46H52FN5O8S/c1-27-13-20-38-34(21-27)41-42(60-38)39(24-36(49-41)29-14-16-31(47)17-15-29)59-32-23-37-43(54)50-46(45(56)51-61(57,58)33-18-19-33)25-30(46)11-5-3-2-4-6-12-35(44(55)52(37)26-32)48-40(53)22-28-9-7-8-10-28/h5,11,13-17,20-21,24,28,30,32-33,35,37H,2-4,6-10,12,18-19,22-23,25-26H2,1H3,(H,48,53)(H,50,54)(H,51,56)/t30-,32-,35+,37+,46-/m1/s1. The molecule has 5 aliphatic rings. The molecule has 4 aromatic rings. The van der Waals surface area contributed by atoms with Crippen molar-refractivity contribution in [2.24, 2.45) is 11.8 Å². The number of pyridine rings is 1. The average molecular weight is 854 g/mol. The molecule has 9 rings (SSSR count). The van der Waals surface area contributed by atoms with Gasteiger partial charge in [-0.25, -0.2) is 17.8 Å². The Morgan fingerprint density at radius 2 is 1.77 bits per heavy atom. The van der Waals surface area contributed by atoms with Gasteiger partial charge in [0.25, 0.3) is 5.91 Å². The van der Waals surface area contributed by atoms with Crippen molar-refractivity contribution < 1.29 is 41.1 Å². The van der Waals surface area contributed by atoms with E-state index in [4.69, 9.17) is 14.1 Å². The summed E-state index contributed by atoms with van der Waals surface area (Å²) in [5.74, 6) is -2.28. The molecule has 0 radical (unpaired) electrons. The van der Waals surface area contributed by atoms with E-state index in [1.165, 1.54) is 17.0 Å². The number of benzene rings is 2. The maximum atomic E-state index is 14.8. The van der Waals surface area contributed by atoms with Crippen LogP contribution >= 0.6 is 0 Å². The summed E-state index contributed by atoms with van der Waals surface area (Å²) in [7, 11) is -3.92. The molecule has 0 spiro atoms. The van der Waals surface area contributed by atoms with Gasteiger partial charge in [0, 0.05) is 35.8 Å². The van der Waals surface area contributed by atoms with E-state index in [0.717, 1.165) is 49.5 Å². The lowest BCUT2D eigenvalue weighted by molar-refractivity contribution is -0.142. The molecule has 2 aromatic carbocycles. The summed E-state index contributed by atoms with van der Waals surface area (Å²) in [4.78, 5) is 63.2. The van der Waals surface area contributed by atoms with Crippen LogP contribution in [-0.4, -0.2) is 77.5 Å². The van der Waals surface area contributed by atoms with Crippen LogP contribution in [0.4, 0.5) is 4.39 Å². The summed E-state index contributed by atoms with van der Waals surface area (Å²) in [6.45, 7) is 1.94. The van der Waals surface area contributed by atoms with E-state index in [-0.39, 0.29) is 31.2 Å². The number of furan rings is 1. The Labute approximate surface area is 354 Å². The highest BCUT2D eigenvalue weighted by Gasteiger charge is 2.62. The smallest absolute Gasteiger partial charge is 0.259 e. The number of carbonyl (C=O) groups excluding carboxylic acids is 4. The zero-order valence-electron chi connectivity index (χ0n) is 34.3. The topological polar surface area (TPSA) is 177 Å². The predicted molar refractivity (Wildman–Crippen MR) is 226 cm³/mol. The monoisotopic (exact) mass is 853 g/mol. The van der Waals surface area contributed by atoms with Crippen molar-refractivity contribution in [3.05, 3.63) is 72.1 Å². The minimum atomic E-state index is -3.92. The number of ether oxygens (including phenoxy) is 1.